The minimum Gasteiger partial charge on any atom is -0.493 e. The summed E-state index contributed by atoms with van der Waals surface area (Å²) in [5, 5.41) is 3.46. The molecule has 2 N–H and O–H groups in total. The number of carbonyl (C=O) groups is 3. The van der Waals surface area contributed by atoms with Gasteiger partial charge in [-0.2, -0.15) is 0 Å². The first-order chi connectivity index (χ1) is 19.4. The van der Waals surface area contributed by atoms with Crippen LogP contribution < -0.4 is 20.2 Å². The fourth-order valence-corrected chi connectivity index (χ4v) is 3.85. The number of methoxy groups -OCH3 is 1. The number of ether oxygens (including phenoxy) is 3. The van der Waals surface area contributed by atoms with E-state index in [0.717, 1.165) is 29.3 Å². The van der Waals surface area contributed by atoms with E-state index in [-0.39, 0.29) is 29.2 Å². The summed E-state index contributed by atoms with van der Waals surface area (Å²) in [6.07, 6.45) is 0.0966. The molecule has 218 valence electrons. The van der Waals surface area contributed by atoms with E-state index < -0.39 is 59.0 Å². The molecule has 0 radical (unpaired) electrons. The van der Waals surface area contributed by atoms with Crippen molar-refractivity contribution >= 4 is 18.0 Å². The van der Waals surface area contributed by atoms with Gasteiger partial charge in [-0.1, -0.05) is 0 Å². The van der Waals surface area contributed by atoms with Crippen molar-refractivity contribution in [2.45, 2.75) is 25.9 Å². The third kappa shape index (κ3) is 7.91. The Bertz CT molecular complexity index is 1350. The van der Waals surface area contributed by atoms with E-state index in [1.807, 2.05) is 0 Å². The van der Waals surface area contributed by atoms with Crippen LogP contribution in [0.1, 0.15) is 41.5 Å². The minimum absolute atomic E-state index is 0.000808. The van der Waals surface area contributed by atoms with Crippen LogP contribution in [0.2, 0.25) is 0 Å². The van der Waals surface area contributed by atoms with Gasteiger partial charge in [-0.3, -0.25) is 15.0 Å². The van der Waals surface area contributed by atoms with Gasteiger partial charge in [0.15, 0.2) is 11.4 Å². The van der Waals surface area contributed by atoms with Crippen LogP contribution in [0.3, 0.4) is 0 Å². The number of aromatic nitrogens is 1. The van der Waals surface area contributed by atoms with Gasteiger partial charge in [0, 0.05) is 31.4 Å². The molecule has 1 atom stereocenters. The van der Waals surface area contributed by atoms with Gasteiger partial charge in [0.1, 0.15) is 29.3 Å². The van der Waals surface area contributed by atoms with Gasteiger partial charge in [0.25, 0.3) is 11.8 Å². The average molecular weight is 579 g/mol. The molecular weight excluding hydrogens is 552 g/mol. The highest BCUT2D eigenvalue weighted by molar-refractivity contribution is 5.99. The normalized spacial score (nSPS) is 11.7. The van der Waals surface area contributed by atoms with Gasteiger partial charge < -0.3 is 19.5 Å². The van der Waals surface area contributed by atoms with Crippen molar-refractivity contribution in [1.82, 2.24) is 20.7 Å². The summed E-state index contributed by atoms with van der Waals surface area (Å²) >= 11 is 0. The molecule has 0 saturated heterocycles. The van der Waals surface area contributed by atoms with Crippen molar-refractivity contribution in [2.24, 2.45) is 0 Å². The molecule has 0 unspecified atom stereocenters. The monoisotopic (exact) mass is 578 g/mol. The number of rotatable bonds is 10. The number of hydrogen-bond acceptors (Lipinski definition) is 8. The molecular formula is C27H26F4N4O6. The largest absolute Gasteiger partial charge is 0.514 e. The highest BCUT2D eigenvalue weighted by Gasteiger charge is 2.28. The summed E-state index contributed by atoms with van der Waals surface area (Å²) in [5.74, 6) is -5.91. The van der Waals surface area contributed by atoms with Crippen molar-refractivity contribution in [3.63, 3.8) is 0 Å². The second kappa shape index (κ2) is 13.6. The van der Waals surface area contributed by atoms with Gasteiger partial charge in [-0.15, -0.1) is 0 Å². The third-order valence-corrected chi connectivity index (χ3v) is 5.57. The predicted octanol–water partition coefficient (Wildman–Crippen LogP) is 4.05. The van der Waals surface area contributed by atoms with E-state index >= 15 is 0 Å². The van der Waals surface area contributed by atoms with E-state index in [9.17, 15) is 31.9 Å². The lowest BCUT2D eigenvalue weighted by Crippen LogP contribution is -2.51. The van der Waals surface area contributed by atoms with Crippen molar-refractivity contribution in [2.75, 3.05) is 20.8 Å². The number of pyridine rings is 1. The number of carbonyl (C=O) groups excluding carboxylic acids is 3. The Balaban J connectivity index is 1.84. The number of nitrogens with one attached hydrogen (secondary N) is 2. The Hall–Kier alpha value is -4.72. The second-order valence-electron chi connectivity index (χ2n) is 8.57. The molecule has 10 nitrogen and oxygen atoms in total. The first-order valence-corrected chi connectivity index (χ1v) is 12.1. The van der Waals surface area contributed by atoms with Crippen LogP contribution in [0.5, 0.6) is 11.5 Å². The number of benzene rings is 2. The van der Waals surface area contributed by atoms with E-state index in [0.29, 0.717) is 12.1 Å². The topological polar surface area (TPSA) is 119 Å². The quantitative estimate of drug-likeness (QED) is 0.210. The van der Waals surface area contributed by atoms with Gasteiger partial charge in [0.05, 0.1) is 19.8 Å². The van der Waals surface area contributed by atoms with Crippen LogP contribution in [0.25, 0.3) is 0 Å². The molecule has 0 saturated carbocycles. The molecule has 0 fully saturated rings. The zero-order chi connectivity index (χ0) is 30.3. The van der Waals surface area contributed by atoms with Gasteiger partial charge >= 0.3 is 6.16 Å². The molecule has 1 heterocycles. The number of amides is 2. The molecule has 41 heavy (non-hydrogen) atoms. The lowest BCUT2D eigenvalue weighted by Gasteiger charge is -2.30. The smallest absolute Gasteiger partial charge is 0.493 e. The number of halogens is 4. The Labute approximate surface area is 232 Å². The Morgan fingerprint density at radius 2 is 1.49 bits per heavy atom. The molecule has 14 heteroatoms. The maximum Gasteiger partial charge on any atom is 0.514 e. The summed E-state index contributed by atoms with van der Waals surface area (Å²) < 4.78 is 71.0. The van der Waals surface area contributed by atoms with E-state index in [1.165, 1.54) is 33.3 Å². The highest BCUT2D eigenvalue weighted by atomic mass is 19.1. The molecule has 2 amide bonds. The van der Waals surface area contributed by atoms with Crippen molar-refractivity contribution in [1.29, 1.82) is 0 Å². The zero-order valence-corrected chi connectivity index (χ0v) is 22.3. The second-order valence-corrected chi connectivity index (χ2v) is 8.57. The molecule has 0 aliphatic heterocycles. The van der Waals surface area contributed by atoms with E-state index in [4.69, 9.17) is 14.2 Å². The molecule has 3 aromatic rings. The summed E-state index contributed by atoms with van der Waals surface area (Å²) in [6.45, 7) is 2.86. The minimum atomic E-state index is -1.26. The van der Waals surface area contributed by atoms with Gasteiger partial charge in [0.2, 0.25) is 5.75 Å². The lowest BCUT2D eigenvalue weighted by molar-refractivity contribution is -0.127. The van der Waals surface area contributed by atoms with Crippen molar-refractivity contribution in [3.05, 3.63) is 88.8 Å². The molecule has 1 aromatic heterocycles. The molecule has 0 aliphatic rings. The molecule has 0 spiro atoms. The number of hydrazine groups is 1. The number of hydrogen-bond donors (Lipinski definition) is 2. The summed E-state index contributed by atoms with van der Waals surface area (Å²) in [5.41, 5.74) is 1.92. The standard InChI is InChI=1S/C27H26F4N4O6/c1-5-40-27(38)41-24-21(39-4)6-7-32-22(24)26(37)33-14(2)25(36)34-35(3)23(15-8-17(28)12-18(29)9-15)16-10-19(30)13-20(31)11-16/h6-14,23H,5H2,1-4H3,(H,33,37)(H,34,36)/t14-/m0/s1. The van der Waals surface area contributed by atoms with Crippen LogP contribution >= 0.6 is 0 Å². The first-order valence-electron chi connectivity index (χ1n) is 12.1. The summed E-state index contributed by atoms with van der Waals surface area (Å²) in [7, 11) is 2.57. The molecule has 0 bridgehead atoms. The van der Waals surface area contributed by atoms with Crippen molar-refractivity contribution < 1.29 is 46.2 Å². The fraction of sp³-hybridized carbons (Fsp3) is 0.259. The lowest BCUT2D eigenvalue weighted by atomic mass is 9.97. The molecule has 2 aromatic carbocycles. The maximum atomic E-state index is 14.0. The summed E-state index contributed by atoms with van der Waals surface area (Å²) in [6, 6.07) is 3.86. The molecule has 3 rings (SSSR count). The predicted molar refractivity (Wildman–Crippen MR) is 136 cm³/mol. The van der Waals surface area contributed by atoms with Crippen LogP contribution in [-0.4, -0.2) is 54.8 Å². The fourth-order valence-electron chi connectivity index (χ4n) is 3.85. The maximum absolute atomic E-state index is 14.0. The average Bonchev–Trinajstić information content (AvgIpc) is 2.87. The third-order valence-electron chi connectivity index (χ3n) is 5.57. The van der Waals surface area contributed by atoms with Crippen LogP contribution in [0.4, 0.5) is 22.4 Å². The number of nitrogens with zero attached hydrogens (tertiary/aromatic N) is 2. The van der Waals surface area contributed by atoms with Crippen molar-refractivity contribution in [3.8, 4) is 11.5 Å². The Morgan fingerprint density at radius 3 is 1.98 bits per heavy atom. The van der Waals surface area contributed by atoms with Gasteiger partial charge in [-0.25, -0.2) is 32.3 Å². The van der Waals surface area contributed by atoms with Crippen LogP contribution in [-0.2, 0) is 9.53 Å². The van der Waals surface area contributed by atoms with Crippen LogP contribution in [0, 0.1) is 23.3 Å². The van der Waals surface area contributed by atoms with E-state index in [1.54, 1.807) is 6.92 Å². The Morgan fingerprint density at radius 1 is 0.951 bits per heavy atom. The zero-order valence-electron chi connectivity index (χ0n) is 22.3. The highest BCUT2D eigenvalue weighted by Crippen LogP contribution is 2.31. The molecule has 0 aliphatic carbocycles. The summed E-state index contributed by atoms with van der Waals surface area (Å²) in [4.78, 5) is 41.8. The first kappa shape index (κ1) is 30.8. The Kier molecular flexibility index (Phi) is 10.2. The van der Waals surface area contributed by atoms with Gasteiger partial charge in [-0.05, 0) is 49.2 Å². The van der Waals surface area contributed by atoms with E-state index in [2.05, 4.69) is 15.7 Å². The van der Waals surface area contributed by atoms with Crippen LogP contribution in [0.15, 0.2) is 48.7 Å². The SMILES string of the molecule is CCOC(=O)Oc1c(OC)ccnc1C(=O)N[C@@H](C)C(=O)NN(C)C(c1cc(F)cc(F)c1)c1cc(F)cc(F)c1.